The first-order chi connectivity index (χ1) is 10.3. The molecule has 118 valence electrons. The Morgan fingerprint density at radius 1 is 1.33 bits per heavy atom. The third-order valence-corrected chi connectivity index (χ3v) is 3.98. The molecular weight excluding hydrogens is 262 g/mol. The minimum atomic E-state index is 0.475. The monoisotopic (exact) mass is 291 g/mol. The molecular formula is C18H29NO2. The molecule has 1 aliphatic heterocycles. The second-order valence-electron chi connectivity index (χ2n) is 5.93. The molecule has 1 aromatic carbocycles. The summed E-state index contributed by atoms with van der Waals surface area (Å²) < 4.78 is 11.4. The number of hydrogen-bond donors (Lipinski definition) is 1. The molecule has 0 radical (unpaired) electrons. The predicted molar refractivity (Wildman–Crippen MR) is 87.0 cm³/mol. The summed E-state index contributed by atoms with van der Waals surface area (Å²) in [4.78, 5) is 0. The average molecular weight is 291 g/mol. The zero-order chi connectivity index (χ0) is 14.9. The number of benzene rings is 1. The smallest absolute Gasteiger partial charge is 0.119 e. The van der Waals surface area contributed by atoms with Crippen LogP contribution in [0.1, 0.15) is 45.1 Å². The average Bonchev–Trinajstić information content (AvgIpc) is 2.99. The predicted octanol–water partition coefficient (Wildman–Crippen LogP) is 3.57. The zero-order valence-electron chi connectivity index (χ0n) is 13.4. The molecule has 2 unspecified atom stereocenters. The van der Waals surface area contributed by atoms with E-state index in [0.717, 1.165) is 44.8 Å². The zero-order valence-corrected chi connectivity index (χ0v) is 13.4. The van der Waals surface area contributed by atoms with Crippen LogP contribution >= 0.6 is 0 Å². The minimum Gasteiger partial charge on any atom is -0.494 e. The van der Waals surface area contributed by atoms with Crippen LogP contribution in [0.15, 0.2) is 24.3 Å². The number of hydrogen-bond acceptors (Lipinski definition) is 3. The lowest BCUT2D eigenvalue weighted by atomic mass is 10.1. The van der Waals surface area contributed by atoms with Gasteiger partial charge in [-0.05, 0) is 63.3 Å². The van der Waals surface area contributed by atoms with Crippen molar-refractivity contribution in [2.75, 3.05) is 19.8 Å². The molecule has 3 heteroatoms. The van der Waals surface area contributed by atoms with Crippen molar-refractivity contribution in [2.45, 2.75) is 58.1 Å². The van der Waals surface area contributed by atoms with Crippen LogP contribution in [0, 0.1) is 0 Å². The lowest BCUT2D eigenvalue weighted by molar-refractivity contribution is 0.0981. The van der Waals surface area contributed by atoms with Crippen molar-refractivity contribution in [2.24, 2.45) is 0 Å². The van der Waals surface area contributed by atoms with Crippen LogP contribution in [0.2, 0.25) is 0 Å². The summed E-state index contributed by atoms with van der Waals surface area (Å²) in [5, 5.41) is 3.43. The molecule has 1 heterocycles. The van der Waals surface area contributed by atoms with Crippen LogP contribution < -0.4 is 10.1 Å². The van der Waals surface area contributed by atoms with E-state index in [1.807, 2.05) is 0 Å². The fourth-order valence-electron chi connectivity index (χ4n) is 2.87. The number of rotatable bonds is 9. The largest absolute Gasteiger partial charge is 0.494 e. The molecule has 1 aromatic rings. The van der Waals surface area contributed by atoms with Crippen LogP contribution in [0.5, 0.6) is 5.75 Å². The van der Waals surface area contributed by atoms with Gasteiger partial charge in [0.1, 0.15) is 5.75 Å². The SMILES string of the molecule is CCNC(C)Cc1ccc(OCCCC2CCCO2)cc1. The highest BCUT2D eigenvalue weighted by Crippen LogP contribution is 2.18. The van der Waals surface area contributed by atoms with E-state index in [4.69, 9.17) is 9.47 Å². The molecule has 0 spiro atoms. The fourth-order valence-corrected chi connectivity index (χ4v) is 2.87. The van der Waals surface area contributed by atoms with Gasteiger partial charge in [-0.15, -0.1) is 0 Å². The van der Waals surface area contributed by atoms with Crippen molar-refractivity contribution < 1.29 is 9.47 Å². The normalized spacial score (nSPS) is 19.6. The van der Waals surface area contributed by atoms with E-state index in [1.165, 1.54) is 18.4 Å². The first kappa shape index (κ1) is 16.3. The molecule has 1 aliphatic rings. The second kappa shape index (κ2) is 9.06. The molecule has 21 heavy (non-hydrogen) atoms. The third kappa shape index (κ3) is 6.06. The van der Waals surface area contributed by atoms with E-state index in [-0.39, 0.29) is 0 Å². The molecule has 1 fully saturated rings. The van der Waals surface area contributed by atoms with Crippen molar-refractivity contribution in [3.05, 3.63) is 29.8 Å². The van der Waals surface area contributed by atoms with Gasteiger partial charge in [-0.25, -0.2) is 0 Å². The topological polar surface area (TPSA) is 30.5 Å². The standard InChI is InChI=1S/C18H29NO2/c1-3-19-15(2)14-16-8-10-18(11-9-16)21-13-5-7-17-6-4-12-20-17/h8-11,15,17,19H,3-7,12-14H2,1-2H3. The molecule has 0 aliphatic carbocycles. The number of likely N-dealkylation sites (N-methyl/N-ethyl adjacent to an activating group) is 1. The van der Waals surface area contributed by atoms with Crippen molar-refractivity contribution in [3.63, 3.8) is 0 Å². The highest BCUT2D eigenvalue weighted by molar-refractivity contribution is 5.27. The van der Waals surface area contributed by atoms with Crippen molar-refractivity contribution in [3.8, 4) is 5.75 Å². The number of nitrogens with one attached hydrogen (secondary N) is 1. The lowest BCUT2D eigenvalue weighted by Gasteiger charge is -2.13. The Morgan fingerprint density at radius 2 is 2.14 bits per heavy atom. The Hall–Kier alpha value is -1.06. The van der Waals surface area contributed by atoms with E-state index >= 15 is 0 Å². The fraction of sp³-hybridized carbons (Fsp3) is 0.667. The van der Waals surface area contributed by atoms with Crippen LogP contribution in [-0.4, -0.2) is 31.9 Å². The molecule has 2 atom stereocenters. The molecule has 0 bridgehead atoms. The van der Waals surface area contributed by atoms with Gasteiger partial charge < -0.3 is 14.8 Å². The van der Waals surface area contributed by atoms with Gasteiger partial charge in [0.05, 0.1) is 12.7 Å². The maximum Gasteiger partial charge on any atom is 0.119 e. The van der Waals surface area contributed by atoms with Gasteiger partial charge in [0, 0.05) is 12.6 Å². The Kier molecular flexibility index (Phi) is 7.04. The maximum absolute atomic E-state index is 5.80. The molecule has 2 rings (SSSR count). The van der Waals surface area contributed by atoms with Crippen LogP contribution in [-0.2, 0) is 11.2 Å². The highest BCUT2D eigenvalue weighted by atomic mass is 16.5. The minimum absolute atomic E-state index is 0.475. The quantitative estimate of drug-likeness (QED) is 0.706. The summed E-state index contributed by atoms with van der Waals surface area (Å²) in [6.45, 7) is 7.11. The summed E-state index contributed by atoms with van der Waals surface area (Å²) in [5.74, 6) is 0.974. The summed E-state index contributed by atoms with van der Waals surface area (Å²) in [5.41, 5.74) is 1.36. The van der Waals surface area contributed by atoms with Gasteiger partial charge >= 0.3 is 0 Å². The molecule has 0 amide bonds. The third-order valence-electron chi connectivity index (χ3n) is 3.98. The molecule has 3 nitrogen and oxygen atoms in total. The second-order valence-corrected chi connectivity index (χ2v) is 5.93. The van der Waals surface area contributed by atoms with Crippen molar-refractivity contribution in [1.29, 1.82) is 0 Å². The van der Waals surface area contributed by atoms with Crippen molar-refractivity contribution >= 4 is 0 Å². The summed E-state index contributed by atoms with van der Waals surface area (Å²) in [7, 11) is 0. The van der Waals surface area contributed by atoms with E-state index < -0.39 is 0 Å². The van der Waals surface area contributed by atoms with E-state index in [0.29, 0.717) is 12.1 Å². The number of ether oxygens (including phenoxy) is 2. The molecule has 0 aromatic heterocycles. The summed E-state index contributed by atoms with van der Waals surface area (Å²) >= 11 is 0. The maximum atomic E-state index is 5.80. The Morgan fingerprint density at radius 3 is 2.81 bits per heavy atom. The van der Waals surface area contributed by atoms with Gasteiger partial charge in [-0.1, -0.05) is 19.1 Å². The first-order valence-electron chi connectivity index (χ1n) is 8.34. The first-order valence-corrected chi connectivity index (χ1v) is 8.34. The van der Waals surface area contributed by atoms with E-state index in [2.05, 4.69) is 43.4 Å². The van der Waals surface area contributed by atoms with Crippen LogP contribution in [0.25, 0.3) is 0 Å². The van der Waals surface area contributed by atoms with E-state index in [9.17, 15) is 0 Å². The van der Waals surface area contributed by atoms with Gasteiger partial charge in [-0.3, -0.25) is 0 Å². The van der Waals surface area contributed by atoms with Crippen LogP contribution in [0.4, 0.5) is 0 Å². The Labute approximate surface area is 129 Å². The molecule has 1 saturated heterocycles. The molecule has 1 N–H and O–H groups in total. The van der Waals surface area contributed by atoms with Crippen molar-refractivity contribution in [1.82, 2.24) is 5.32 Å². The molecule has 0 saturated carbocycles. The van der Waals surface area contributed by atoms with Gasteiger partial charge in [0.25, 0.3) is 0 Å². The Balaban J connectivity index is 1.64. The van der Waals surface area contributed by atoms with Crippen LogP contribution in [0.3, 0.4) is 0 Å². The van der Waals surface area contributed by atoms with Gasteiger partial charge in [0.15, 0.2) is 0 Å². The summed E-state index contributed by atoms with van der Waals surface area (Å²) in [6, 6.07) is 9.03. The van der Waals surface area contributed by atoms with Gasteiger partial charge in [0.2, 0.25) is 0 Å². The highest BCUT2D eigenvalue weighted by Gasteiger charge is 2.14. The lowest BCUT2D eigenvalue weighted by Crippen LogP contribution is -2.27. The summed E-state index contributed by atoms with van der Waals surface area (Å²) in [6.07, 6.45) is 6.18. The van der Waals surface area contributed by atoms with Gasteiger partial charge in [-0.2, -0.15) is 0 Å². The Bertz CT molecular complexity index is 385. The van der Waals surface area contributed by atoms with E-state index in [1.54, 1.807) is 0 Å².